The molecule has 2 amide bonds. The smallest absolute Gasteiger partial charge is 0.291 e. The van der Waals surface area contributed by atoms with Crippen molar-refractivity contribution < 1.29 is 37.9 Å². The first-order chi connectivity index (χ1) is 17.4. The van der Waals surface area contributed by atoms with E-state index >= 15 is 0 Å². The molecular formula is C24H25N3O9. The summed E-state index contributed by atoms with van der Waals surface area (Å²) in [4.78, 5) is 39.3. The van der Waals surface area contributed by atoms with Crippen LogP contribution in [0.25, 0.3) is 11.0 Å². The van der Waals surface area contributed by atoms with Crippen LogP contribution in [-0.4, -0.2) is 75.4 Å². The number of carbonyl (C=O) groups is 2. The molecule has 2 aromatic carbocycles. The number of amides is 2. The minimum atomic E-state index is -0.814. The quantitative estimate of drug-likeness (QED) is 0.267. The number of nitro groups is 1. The number of hydrogen-bond donors (Lipinski definition) is 1. The molecule has 12 nitrogen and oxygen atoms in total. The van der Waals surface area contributed by atoms with Crippen molar-refractivity contribution in [1.29, 1.82) is 0 Å². The summed E-state index contributed by atoms with van der Waals surface area (Å²) in [6.45, 7) is 1.90. The highest BCUT2D eigenvalue weighted by molar-refractivity contribution is 6.15. The molecule has 1 aliphatic rings. The van der Waals surface area contributed by atoms with Crippen LogP contribution >= 0.6 is 0 Å². The third-order valence-corrected chi connectivity index (χ3v) is 5.59. The third-order valence-electron chi connectivity index (χ3n) is 5.59. The fourth-order valence-electron chi connectivity index (χ4n) is 3.80. The van der Waals surface area contributed by atoms with E-state index in [1.807, 2.05) is 0 Å². The number of benzene rings is 2. The SMILES string of the molecule is COCCOc1cc([N+](=O)[O-])c(C(=O)Nc2c(C(=O)N3CCOCC3)oc3ccccc23)cc1OC. The van der Waals surface area contributed by atoms with Crippen LogP contribution in [0.3, 0.4) is 0 Å². The van der Waals surface area contributed by atoms with Crippen molar-refractivity contribution in [2.45, 2.75) is 0 Å². The van der Waals surface area contributed by atoms with Crippen LogP contribution in [0.1, 0.15) is 20.9 Å². The molecule has 1 fully saturated rings. The Morgan fingerprint density at radius 1 is 1.11 bits per heavy atom. The summed E-state index contributed by atoms with van der Waals surface area (Å²) in [5, 5.41) is 15.0. The Labute approximate surface area is 205 Å². The van der Waals surface area contributed by atoms with Gasteiger partial charge in [-0.1, -0.05) is 12.1 Å². The molecule has 1 saturated heterocycles. The van der Waals surface area contributed by atoms with Crippen LogP contribution in [0.2, 0.25) is 0 Å². The zero-order valence-corrected chi connectivity index (χ0v) is 19.8. The zero-order valence-electron chi connectivity index (χ0n) is 19.8. The van der Waals surface area contributed by atoms with Gasteiger partial charge in [-0.3, -0.25) is 19.7 Å². The van der Waals surface area contributed by atoms with Crippen molar-refractivity contribution in [3.8, 4) is 11.5 Å². The summed E-state index contributed by atoms with van der Waals surface area (Å²) in [6, 6.07) is 9.16. The molecule has 12 heteroatoms. The lowest BCUT2D eigenvalue weighted by Gasteiger charge is -2.26. The number of furan rings is 1. The van der Waals surface area contributed by atoms with Crippen molar-refractivity contribution in [3.63, 3.8) is 0 Å². The summed E-state index contributed by atoms with van der Waals surface area (Å²) >= 11 is 0. The van der Waals surface area contributed by atoms with E-state index in [-0.39, 0.29) is 41.7 Å². The minimum absolute atomic E-state index is 0.0689. The number of anilines is 1. The minimum Gasteiger partial charge on any atom is -0.493 e. The lowest BCUT2D eigenvalue weighted by molar-refractivity contribution is -0.385. The highest BCUT2D eigenvalue weighted by atomic mass is 16.6. The predicted molar refractivity (Wildman–Crippen MR) is 128 cm³/mol. The molecule has 1 N–H and O–H groups in total. The number of hydrogen-bond acceptors (Lipinski definition) is 9. The van der Waals surface area contributed by atoms with E-state index < -0.39 is 22.4 Å². The van der Waals surface area contributed by atoms with Crippen LogP contribution in [0.15, 0.2) is 40.8 Å². The van der Waals surface area contributed by atoms with E-state index in [0.29, 0.717) is 37.3 Å². The molecule has 36 heavy (non-hydrogen) atoms. The molecule has 0 bridgehead atoms. The number of nitro benzene ring substituents is 1. The molecule has 1 aromatic heterocycles. The molecule has 0 radical (unpaired) electrons. The summed E-state index contributed by atoms with van der Waals surface area (Å²) in [6.07, 6.45) is 0. The van der Waals surface area contributed by atoms with Crippen LogP contribution < -0.4 is 14.8 Å². The third kappa shape index (κ3) is 5.09. The second-order valence-corrected chi connectivity index (χ2v) is 7.78. The van der Waals surface area contributed by atoms with E-state index in [1.54, 1.807) is 29.2 Å². The van der Waals surface area contributed by atoms with Crippen molar-refractivity contribution in [2.24, 2.45) is 0 Å². The van der Waals surface area contributed by atoms with E-state index in [1.165, 1.54) is 20.3 Å². The Kier molecular flexibility index (Phi) is 7.66. The largest absolute Gasteiger partial charge is 0.493 e. The zero-order chi connectivity index (χ0) is 25.7. The topological polar surface area (TPSA) is 143 Å². The number of fused-ring (bicyclic) bond motifs is 1. The van der Waals surface area contributed by atoms with E-state index in [4.69, 9.17) is 23.4 Å². The number of ether oxygens (including phenoxy) is 4. The van der Waals surface area contributed by atoms with Gasteiger partial charge in [-0.2, -0.15) is 0 Å². The van der Waals surface area contributed by atoms with Crippen molar-refractivity contribution in [1.82, 2.24) is 4.90 Å². The molecule has 0 aliphatic carbocycles. The first-order valence-electron chi connectivity index (χ1n) is 11.1. The Hall–Kier alpha value is -4.16. The van der Waals surface area contributed by atoms with Gasteiger partial charge >= 0.3 is 0 Å². The number of methoxy groups -OCH3 is 2. The second-order valence-electron chi connectivity index (χ2n) is 7.78. The Bertz CT molecular complexity index is 1280. The van der Waals surface area contributed by atoms with Crippen LogP contribution in [-0.2, 0) is 9.47 Å². The first-order valence-corrected chi connectivity index (χ1v) is 11.1. The van der Waals surface area contributed by atoms with Gasteiger partial charge in [0.1, 0.15) is 23.4 Å². The van der Waals surface area contributed by atoms with Gasteiger partial charge in [-0.15, -0.1) is 0 Å². The Balaban J connectivity index is 1.72. The molecule has 0 unspecified atom stereocenters. The number of para-hydroxylation sites is 1. The number of nitrogens with one attached hydrogen (secondary N) is 1. The van der Waals surface area contributed by atoms with Crippen LogP contribution in [0.5, 0.6) is 11.5 Å². The summed E-state index contributed by atoms with van der Waals surface area (Å²) in [7, 11) is 2.85. The fourth-order valence-corrected chi connectivity index (χ4v) is 3.80. The number of rotatable bonds is 9. The highest BCUT2D eigenvalue weighted by Gasteiger charge is 2.30. The molecule has 1 aliphatic heterocycles. The fraction of sp³-hybridized carbons (Fsp3) is 0.333. The van der Waals surface area contributed by atoms with Gasteiger partial charge < -0.3 is 33.6 Å². The average molecular weight is 499 g/mol. The van der Waals surface area contributed by atoms with Crippen LogP contribution in [0.4, 0.5) is 11.4 Å². The van der Waals surface area contributed by atoms with Gasteiger partial charge in [0.15, 0.2) is 11.5 Å². The predicted octanol–water partition coefficient (Wildman–Crippen LogP) is 3.10. The molecule has 0 saturated carbocycles. The molecule has 0 atom stereocenters. The lowest BCUT2D eigenvalue weighted by Crippen LogP contribution is -2.40. The van der Waals surface area contributed by atoms with Gasteiger partial charge in [-0.05, 0) is 12.1 Å². The van der Waals surface area contributed by atoms with E-state index in [0.717, 1.165) is 6.07 Å². The van der Waals surface area contributed by atoms with E-state index in [2.05, 4.69) is 5.32 Å². The van der Waals surface area contributed by atoms with E-state index in [9.17, 15) is 19.7 Å². The maximum absolute atomic E-state index is 13.4. The molecule has 4 rings (SSSR count). The molecule has 0 spiro atoms. The van der Waals surface area contributed by atoms with Gasteiger partial charge in [0.2, 0.25) is 5.76 Å². The molecule has 190 valence electrons. The van der Waals surface area contributed by atoms with Gasteiger partial charge in [-0.25, -0.2) is 0 Å². The van der Waals surface area contributed by atoms with Gasteiger partial charge in [0.05, 0.1) is 37.9 Å². The second kappa shape index (κ2) is 11.1. The number of morpholine rings is 1. The lowest BCUT2D eigenvalue weighted by atomic mass is 10.1. The molecule has 3 aromatic rings. The summed E-state index contributed by atoms with van der Waals surface area (Å²) in [5.41, 5.74) is -0.250. The number of carbonyl (C=O) groups excluding carboxylic acids is 2. The molecular weight excluding hydrogens is 474 g/mol. The van der Waals surface area contributed by atoms with Crippen molar-refractivity contribution in [3.05, 3.63) is 57.8 Å². The maximum atomic E-state index is 13.4. The standard InChI is InChI=1S/C24H25N3O9/c1-32-11-12-35-20-14-17(27(30)31)16(13-19(20)33-2)23(28)25-21-15-5-3-4-6-18(15)36-22(21)24(29)26-7-9-34-10-8-26/h3-6,13-14H,7-12H2,1-2H3,(H,25,28). The van der Waals surface area contributed by atoms with Gasteiger partial charge in [0.25, 0.3) is 17.5 Å². The monoisotopic (exact) mass is 499 g/mol. The van der Waals surface area contributed by atoms with Gasteiger partial charge in [0, 0.05) is 31.7 Å². The van der Waals surface area contributed by atoms with Crippen LogP contribution in [0, 0.1) is 10.1 Å². The maximum Gasteiger partial charge on any atom is 0.291 e. The summed E-state index contributed by atoms with van der Waals surface area (Å²) in [5.74, 6) is -1.08. The normalized spacial score (nSPS) is 13.4. The highest BCUT2D eigenvalue weighted by Crippen LogP contribution is 2.37. The Morgan fingerprint density at radius 3 is 2.56 bits per heavy atom. The van der Waals surface area contributed by atoms with Crippen molar-refractivity contribution in [2.75, 3.05) is 59.1 Å². The molecule has 2 heterocycles. The average Bonchev–Trinajstić information content (AvgIpc) is 3.26. The first kappa shape index (κ1) is 24.9. The number of nitrogens with zero attached hydrogens (tertiary/aromatic N) is 2. The summed E-state index contributed by atoms with van der Waals surface area (Å²) < 4.78 is 26.9. The van der Waals surface area contributed by atoms with Crippen molar-refractivity contribution >= 4 is 34.2 Å². The Morgan fingerprint density at radius 2 is 1.86 bits per heavy atom.